The Morgan fingerprint density at radius 3 is 2.58 bits per heavy atom. The number of nitrogens with two attached hydrogens (primary N) is 1. The maximum atomic E-state index is 13.7. The van der Waals surface area contributed by atoms with Crippen molar-refractivity contribution < 1.29 is 19.2 Å². The summed E-state index contributed by atoms with van der Waals surface area (Å²) in [5, 5.41) is 6.21. The van der Waals surface area contributed by atoms with Gasteiger partial charge in [-0.05, 0) is 31.4 Å². The van der Waals surface area contributed by atoms with Gasteiger partial charge >= 0.3 is 0 Å². The average molecular weight is 447 g/mol. The number of nitrogens with zero attached hydrogens (tertiary/aromatic N) is 1. The molecule has 170 valence electrons. The number of benzene rings is 2. The van der Waals surface area contributed by atoms with Gasteiger partial charge in [0.25, 0.3) is 0 Å². The topological polar surface area (TPSA) is 122 Å². The van der Waals surface area contributed by atoms with Gasteiger partial charge in [-0.3, -0.25) is 29.4 Å². The summed E-state index contributed by atoms with van der Waals surface area (Å²) in [5.74, 6) is -3.08. The zero-order valence-corrected chi connectivity index (χ0v) is 18.3. The van der Waals surface area contributed by atoms with E-state index in [1.807, 2.05) is 55.5 Å². The number of likely N-dealkylation sites (tertiary alicyclic amines) is 1. The van der Waals surface area contributed by atoms with Crippen LogP contribution in [0, 0.1) is 18.8 Å². The van der Waals surface area contributed by atoms with Crippen molar-refractivity contribution in [2.24, 2.45) is 17.6 Å². The minimum absolute atomic E-state index is 0.0603. The Kier molecular flexibility index (Phi) is 5.05. The Balaban J connectivity index is 1.53. The second-order valence-corrected chi connectivity index (χ2v) is 9.13. The molecule has 8 heteroatoms. The van der Waals surface area contributed by atoms with E-state index in [-0.39, 0.29) is 37.1 Å². The summed E-state index contributed by atoms with van der Waals surface area (Å²) in [6.45, 7) is 2.16. The van der Waals surface area contributed by atoms with Crippen molar-refractivity contribution in [2.75, 3.05) is 11.9 Å². The van der Waals surface area contributed by atoms with E-state index in [2.05, 4.69) is 10.6 Å². The standard InChI is InChI=1S/C25H26N4O4/c1-14-7-8-17-16(13-14)25(24(33)27-17)21-20(18(28-25)9-10-19(26)30)22(31)29(23(21)32)12-11-15-5-3-2-4-6-15/h2-8,13,18,20-21,28H,9-12H2,1H3,(H2,26,30)(H,27,33)/t18-,20+,21-,25+/m0/s1. The highest BCUT2D eigenvalue weighted by molar-refractivity contribution is 6.15. The predicted octanol–water partition coefficient (Wildman–Crippen LogP) is 1.22. The first kappa shape index (κ1) is 21.3. The van der Waals surface area contributed by atoms with E-state index in [9.17, 15) is 19.2 Å². The largest absolute Gasteiger partial charge is 0.370 e. The Morgan fingerprint density at radius 1 is 1.09 bits per heavy atom. The molecule has 33 heavy (non-hydrogen) atoms. The van der Waals surface area contributed by atoms with Crippen LogP contribution in [0.25, 0.3) is 0 Å². The van der Waals surface area contributed by atoms with E-state index in [0.717, 1.165) is 11.1 Å². The van der Waals surface area contributed by atoms with Crippen molar-refractivity contribution >= 4 is 29.3 Å². The summed E-state index contributed by atoms with van der Waals surface area (Å²) in [4.78, 5) is 53.4. The van der Waals surface area contributed by atoms with Crippen molar-refractivity contribution in [1.29, 1.82) is 0 Å². The molecule has 2 fully saturated rings. The Hall–Kier alpha value is -3.52. The maximum Gasteiger partial charge on any atom is 0.250 e. The number of rotatable bonds is 6. The second kappa shape index (κ2) is 7.81. The minimum atomic E-state index is -1.34. The van der Waals surface area contributed by atoms with Gasteiger partial charge < -0.3 is 11.1 Å². The van der Waals surface area contributed by atoms with Crippen LogP contribution in [0.1, 0.15) is 29.5 Å². The number of hydrogen-bond acceptors (Lipinski definition) is 5. The third kappa shape index (κ3) is 3.24. The number of fused-ring (bicyclic) bond motifs is 4. The lowest BCUT2D eigenvalue weighted by Crippen LogP contribution is -2.53. The van der Waals surface area contributed by atoms with Crippen LogP contribution < -0.4 is 16.4 Å². The number of carbonyl (C=O) groups excluding carboxylic acids is 4. The molecule has 2 saturated heterocycles. The fourth-order valence-electron chi connectivity index (χ4n) is 5.63. The van der Waals surface area contributed by atoms with Gasteiger partial charge in [-0.25, -0.2) is 0 Å². The molecule has 0 bridgehead atoms. The first-order valence-corrected chi connectivity index (χ1v) is 11.2. The SMILES string of the molecule is Cc1ccc2c(c1)[C@]1(N[C@@H](CCC(N)=O)[C@H]3C(=O)N(CCc4ccccc4)C(=O)[C@H]31)C(=O)N2. The zero-order chi connectivity index (χ0) is 23.3. The molecule has 0 saturated carbocycles. The molecule has 2 aromatic carbocycles. The molecule has 0 aromatic heterocycles. The third-order valence-corrected chi connectivity index (χ3v) is 7.13. The van der Waals surface area contributed by atoms with Gasteiger partial charge in [-0.2, -0.15) is 0 Å². The van der Waals surface area contributed by atoms with Crippen molar-refractivity contribution in [2.45, 2.75) is 37.8 Å². The van der Waals surface area contributed by atoms with Crippen LogP contribution in [-0.2, 0) is 31.1 Å². The minimum Gasteiger partial charge on any atom is -0.370 e. The van der Waals surface area contributed by atoms with Gasteiger partial charge in [0.05, 0.1) is 11.8 Å². The van der Waals surface area contributed by atoms with Gasteiger partial charge in [-0.1, -0.05) is 48.0 Å². The lowest BCUT2D eigenvalue weighted by atomic mass is 9.76. The number of carbonyl (C=O) groups is 4. The number of nitrogens with one attached hydrogen (secondary N) is 2. The van der Waals surface area contributed by atoms with E-state index in [4.69, 9.17) is 5.73 Å². The van der Waals surface area contributed by atoms with Crippen LogP contribution >= 0.6 is 0 Å². The Bertz CT molecular complexity index is 1160. The van der Waals surface area contributed by atoms with Gasteiger partial charge in [0, 0.05) is 30.3 Å². The first-order chi connectivity index (χ1) is 15.8. The molecule has 8 nitrogen and oxygen atoms in total. The molecule has 2 aromatic rings. The number of aryl methyl sites for hydroxylation is 1. The maximum absolute atomic E-state index is 13.7. The Morgan fingerprint density at radius 2 is 1.85 bits per heavy atom. The van der Waals surface area contributed by atoms with E-state index < -0.39 is 29.3 Å². The molecule has 0 aliphatic carbocycles. The number of anilines is 1. The van der Waals surface area contributed by atoms with Crippen LogP contribution in [0.15, 0.2) is 48.5 Å². The van der Waals surface area contributed by atoms with Crippen LogP contribution in [0.5, 0.6) is 0 Å². The summed E-state index contributed by atoms with van der Waals surface area (Å²) >= 11 is 0. The number of amides is 4. The summed E-state index contributed by atoms with van der Waals surface area (Å²) in [5.41, 5.74) is 7.30. The molecule has 4 N–H and O–H groups in total. The summed E-state index contributed by atoms with van der Waals surface area (Å²) in [7, 11) is 0. The first-order valence-electron chi connectivity index (χ1n) is 11.2. The highest BCUT2D eigenvalue weighted by Gasteiger charge is 2.70. The molecular formula is C25H26N4O4. The average Bonchev–Trinajstić information content (AvgIpc) is 3.37. The van der Waals surface area contributed by atoms with E-state index in [1.54, 1.807) is 0 Å². The van der Waals surface area contributed by atoms with E-state index >= 15 is 0 Å². The molecule has 3 aliphatic heterocycles. The summed E-state index contributed by atoms with van der Waals surface area (Å²) in [6.07, 6.45) is 0.870. The quantitative estimate of drug-likeness (QED) is 0.576. The number of imide groups is 1. The van der Waals surface area contributed by atoms with E-state index in [1.165, 1.54) is 4.90 Å². The van der Waals surface area contributed by atoms with Gasteiger partial charge in [0.2, 0.25) is 23.6 Å². The molecule has 4 atom stereocenters. The second-order valence-electron chi connectivity index (χ2n) is 9.13. The Labute approximate surface area is 191 Å². The van der Waals surface area contributed by atoms with Gasteiger partial charge in [-0.15, -0.1) is 0 Å². The summed E-state index contributed by atoms with van der Waals surface area (Å²) < 4.78 is 0. The monoisotopic (exact) mass is 446 g/mol. The predicted molar refractivity (Wildman–Crippen MR) is 121 cm³/mol. The highest BCUT2D eigenvalue weighted by Crippen LogP contribution is 2.53. The van der Waals surface area contributed by atoms with Crippen molar-refractivity contribution in [3.63, 3.8) is 0 Å². The fourth-order valence-corrected chi connectivity index (χ4v) is 5.63. The van der Waals surface area contributed by atoms with Crippen molar-refractivity contribution in [1.82, 2.24) is 10.2 Å². The molecule has 1 spiro atoms. The number of hydrogen-bond donors (Lipinski definition) is 3. The van der Waals surface area contributed by atoms with Crippen LogP contribution in [-0.4, -0.2) is 41.1 Å². The summed E-state index contributed by atoms with van der Waals surface area (Å²) in [6, 6.07) is 14.7. The molecule has 3 aliphatic rings. The van der Waals surface area contributed by atoms with Crippen molar-refractivity contribution in [3.8, 4) is 0 Å². The molecule has 0 unspecified atom stereocenters. The van der Waals surface area contributed by atoms with Crippen LogP contribution in [0.3, 0.4) is 0 Å². The molecule has 0 radical (unpaired) electrons. The van der Waals surface area contributed by atoms with Crippen molar-refractivity contribution in [3.05, 3.63) is 65.2 Å². The third-order valence-electron chi connectivity index (χ3n) is 7.13. The lowest BCUT2D eigenvalue weighted by Gasteiger charge is -2.29. The smallest absolute Gasteiger partial charge is 0.250 e. The normalized spacial score (nSPS) is 27.7. The highest BCUT2D eigenvalue weighted by atomic mass is 16.2. The van der Waals surface area contributed by atoms with Crippen LogP contribution in [0.2, 0.25) is 0 Å². The van der Waals surface area contributed by atoms with E-state index in [0.29, 0.717) is 17.7 Å². The van der Waals surface area contributed by atoms with Crippen LogP contribution in [0.4, 0.5) is 5.69 Å². The van der Waals surface area contributed by atoms with Gasteiger partial charge in [0.15, 0.2) is 0 Å². The molecule has 4 amide bonds. The fraction of sp³-hybridized carbons (Fsp3) is 0.360. The molecule has 5 rings (SSSR count). The molecular weight excluding hydrogens is 420 g/mol. The zero-order valence-electron chi connectivity index (χ0n) is 18.3. The van der Waals surface area contributed by atoms with Gasteiger partial charge in [0.1, 0.15) is 5.54 Å². The lowest BCUT2D eigenvalue weighted by molar-refractivity contribution is -0.142. The molecule has 3 heterocycles. The number of primary amides is 1.